The van der Waals surface area contributed by atoms with Crippen LogP contribution < -0.4 is 0 Å². The van der Waals surface area contributed by atoms with Crippen LogP contribution in [0.3, 0.4) is 0 Å². The molecule has 0 aromatic rings. The largest absolute Gasteiger partial charge is 0.374 e. The first-order chi connectivity index (χ1) is 9.85. The Balaban J connectivity index is 3.17. The highest BCUT2D eigenvalue weighted by Crippen LogP contribution is 2.14. The molecule has 1 unspecified atom stereocenters. The number of hydrogen-bond acceptors (Lipinski definition) is 1. The Bertz CT molecular complexity index is 188. The van der Waals surface area contributed by atoms with Crippen LogP contribution in [0.4, 0.5) is 0 Å². The average molecular weight is 283 g/mol. The first-order valence-corrected chi connectivity index (χ1v) is 9.07. The van der Waals surface area contributed by atoms with Crippen molar-refractivity contribution in [2.24, 2.45) is 0 Å². The fourth-order valence-corrected chi connectivity index (χ4v) is 2.65. The lowest BCUT2D eigenvalue weighted by Gasteiger charge is -2.14. The van der Waals surface area contributed by atoms with E-state index in [-0.39, 0.29) is 0 Å². The van der Waals surface area contributed by atoms with Crippen molar-refractivity contribution in [2.75, 3.05) is 6.61 Å². The molecule has 0 heterocycles. The van der Waals surface area contributed by atoms with Crippen molar-refractivity contribution < 1.29 is 4.74 Å². The standard InChI is InChI=1S/C19H38O/c1-4-7-8-9-10-11-12-13-14-15-16-17-19(6-3)20-18-5-2/h5,19H,2,4,6-18H2,1,3H3. The summed E-state index contributed by atoms with van der Waals surface area (Å²) in [5.41, 5.74) is 0. The summed E-state index contributed by atoms with van der Waals surface area (Å²) >= 11 is 0. The summed E-state index contributed by atoms with van der Waals surface area (Å²) in [7, 11) is 0. The SMILES string of the molecule is C=CCOC(CC)CCCCCCCCCCCCC. The van der Waals surface area contributed by atoms with Crippen molar-refractivity contribution in [3.63, 3.8) is 0 Å². The van der Waals surface area contributed by atoms with Crippen LogP contribution >= 0.6 is 0 Å². The van der Waals surface area contributed by atoms with Gasteiger partial charge in [-0.15, -0.1) is 6.58 Å². The molecule has 120 valence electrons. The van der Waals surface area contributed by atoms with E-state index >= 15 is 0 Å². The summed E-state index contributed by atoms with van der Waals surface area (Å²) in [6, 6.07) is 0. The van der Waals surface area contributed by atoms with E-state index < -0.39 is 0 Å². The second-order valence-electron chi connectivity index (χ2n) is 5.98. The van der Waals surface area contributed by atoms with Gasteiger partial charge in [-0.25, -0.2) is 0 Å². The molecule has 0 rings (SSSR count). The molecule has 0 saturated heterocycles. The highest BCUT2D eigenvalue weighted by molar-refractivity contribution is 4.66. The molecule has 0 fully saturated rings. The van der Waals surface area contributed by atoms with Crippen LogP contribution in [-0.4, -0.2) is 12.7 Å². The zero-order chi connectivity index (χ0) is 14.9. The van der Waals surface area contributed by atoms with Crippen molar-refractivity contribution >= 4 is 0 Å². The Morgan fingerprint density at radius 2 is 1.30 bits per heavy atom. The topological polar surface area (TPSA) is 9.23 Å². The third-order valence-corrected chi connectivity index (χ3v) is 4.03. The first-order valence-electron chi connectivity index (χ1n) is 9.07. The van der Waals surface area contributed by atoms with Crippen LogP contribution in [0.25, 0.3) is 0 Å². The Morgan fingerprint density at radius 1 is 0.800 bits per heavy atom. The normalized spacial score (nSPS) is 12.5. The van der Waals surface area contributed by atoms with Gasteiger partial charge in [-0.3, -0.25) is 0 Å². The molecule has 0 amide bonds. The molecule has 0 spiro atoms. The van der Waals surface area contributed by atoms with Crippen molar-refractivity contribution in [1.29, 1.82) is 0 Å². The molecular weight excluding hydrogens is 244 g/mol. The van der Waals surface area contributed by atoms with Gasteiger partial charge >= 0.3 is 0 Å². The van der Waals surface area contributed by atoms with E-state index in [4.69, 9.17) is 4.74 Å². The zero-order valence-corrected chi connectivity index (χ0v) is 14.2. The highest BCUT2D eigenvalue weighted by atomic mass is 16.5. The smallest absolute Gasteiger partial charge is 0.0648 e. The average Bonchev–Trinajstić information content (AvgIpc) is 2.48. The molecule has 0 radical (unpaired) electrons. The van der Waals surface area contributed by atoms with Crippen LogP contribution in [0.1, 0.15) is 97.3 Å². The van der Waals surface area contributed by atoms with Crippen molar-refractivity contribution in [3.8, 4) is 0 Å². The lowest BCUT2D eigenvalue weighted by Crippen LogP contribution is -2.11. The third kappa shape index (κ3) is 14.1. The van der Waals surface area contributed by atoms with E-state index in [9.17, 15) is 0 Å². The number of hydrogen-bond donors (Lipinski definition) is 0. The van der Waals surface area contributed by atoms with E-state index in [1.807, 2.05) is 6.08 Å². The number of unbranched alkanes of at least 4 members (excludes halogenated alkanes) is 10. The van der Waals surface area contributed by atoms with Crippen LogP contribution in [-0.2, 0) is 4.74 Å². The monoisotopic (exact) mass is 282 g/mol. The summed E-state index contributed by atoms with van der Waals surface area (Å²) in [5, 5.41) is 0. The fraction of sp³-hybridized carbons (Fsp3) is 0.895. The predicted octanol–water partition coefficient (Wildman–Crippen LogP) is 6.67. The maximum absolute atomic E-state index is 5.71. The van der Waals surface area contributed by atoms with Crippen LogP contribution in [0.15, 0.2) is 12.7 Å². The van der Waals surface area contributed by atoms with Gasteiger partial charge in [0.2, 0.25) is 0 Å². The summed E-state index contributed by atoms with van der Waals surface area (Å²) in [4.78, 5) is 0. The van der Waals surface area contributed by atoms with E-state index in [0.717, 1.165) is 6.42 Å². The molecule has 1 atom stereocenters. The van der Waals surface area contributed by atoms with Crippen molar-refractivity contribution in [3.05, 3.63) is 12.7 Å². The van der Waals surface area contributed by atoms with Crippen LogP contribution in [0.2, 0.25) is 0 Å². The van der Waals surface area contributed by atoms with Gasteiger partial charge in [0.25, 0.3) is 0 Å². The van der Waals surface area contributed by atoms with E-state index in [1.54, 1.807) is 0 Å². The minimum absolute atomic E-state index is 0.451. The Hall–Kier alpha value is -0.300. The van der Waals surface area contributed by atoms with Gasteiger partial charge in [0.05, 0.1) is 12.7 Å². The minimum Gasteiger partial charge on any atom is -0.374 e. The number of rotatable bonds is 16. The van der Waals surface area contributed by atoms with Crippen molar-refractivity contribution in [1.82, 2.24) is 0 Å². The second-order valence-corrected chi connectivity index (χ2v) is 5.98. The van der Waals surface area contributed by atoms with Crippen LogP contribution in [0, 0.1) is 0 Å². The van der Waals surface area contributed by atoms with Gasteiger partial charge in [-0.2, -0.15) is 0 Å². The third-order valence-electron chi connectivity index (χ3n) is 4.03. The maximum atomic E-state index is 5.71. The molecule has 1 heteroatoms. The fourth-order valence-electron chi connectivity index (χ4n) is 2.65. The highest BCUT2D eigenvalue weighted by Gasteiger charge is 2.04. The lowest BCUT2D eigenvalue weighted by atomic mass is 10.0. The van der Waals surface area contributed by atoms with Gasteiger partial charge in [-0.05, 0) is 12.8 Å². The van der Waals surface area contributed by atoms with E-state index in [1.165, 1.54) is 77.0 Å². The van der Waals surface area contributed by atoms with Gasteiger partial charge in [0, 0.05) is 0 Å². The van der Waals surface area contributed by atoms with Gasteiger partial charge in [0.1, 0.15) is 0 Å². The quantitative estimate of drug-likeness (QED) is 0.227. The molecule has 0 aliphatic carbocycles. The molecule has 0 aromatic carbocycles. The molecule has 20 heavy (non-hydrogen) atoms. The van der Waals surface area contributed by atoms with Crippen LogP contribution in [0.5, 0.6) is 0 Å². The molecule has 0 N–H and O–H groups in total. The Morgan fingerprint density at radius 3 is 1.75 bits per heavy atom. The molecule has 0 aliphatic rings. The van der Waals surface area contributed by atoms with Gasteiger partial charge in [0.15, 0.2) is 0 Å². The first kappa shape index (κ1) is 19.7. The Kier molecular flexibility index (Phi) is 16.5. The summed E-state index contributed by atoms with van der Waals surface area (Å²) in [6.45, 7) is 8.91. The predicted molar refractivity (Wildman–Crippen MR) is 91.3 cm³/mol. The molecular formula is C19H38O. The molecule has 0 aliphatic heterocycles. The zero-order valence-electron chi connectivity index (χ0n) is 14.2. The summed E-state index contributed by atoms with van der Waals surface area (Å²) in [6.07, 6.45) is 20.2. The van der Waals surface area contributed by atoms with Gasteiger partial charge in [-0.1, -0.05) is 90.6 Å². The van der Waals surface area contributed by atoms with Gasteiger partial charge < -0.3 is 4.74 Å². The molecule has 0 saturated carbocycles. The lowest BCUT2D eigenvalue weighted by molar-refractivity contribution is 0.0631. The minimum atomic E-state index is 0.451. The molecule has 0 bridgehead atoms. The molecule has 1 nitrogen and oxygen atoms in total. The van der Waals surface area contributed by atoms with E-state index in [0.29, 0.717) is 12.7 Å². The Labute approximate surface area is 128 Å². The molecule has 0 aromatic heterocycles. The maximum Gasteiger partial charge on any atom is 0.0648 e. The summed E-state index contributed by atoms with van der Waals surface area (Å²) < 4.78 is 5.71. The summed E-state index contributed by atoms with van der Waals surface area (Å²) in [5.74, 6) is 0. The van der Waals surface area contributed by atoms with Crippen molar-refractivity contribution in [2.45, 2.75) is 103 Å². The number of ether oxygens (including phenoxy) is 1. The van der Waals surface area contributed by atoms with E-state index in [2.05, 4.69) is 20.4 Å². The second kappa shape index (κ2) is 16.8.